The number of hydrogen-bond acceptors (Lipinski definition) is 5. The Balaban J connectivity index is 1.89. The molecule has 28 heavy (non-hydrogen) atoms. The molecular formula is C21H20N2O4S. The summed E-state index contributed by atoms with van der Waals surface area (Å²) in [5.41, 5.74) is 1.03. The zero-order valence-corrected chi connectivity index (χ0v) is 16.1. The van der Waals surface area contributed by atoms with Crippen molar-refractivity contribution in [2.75, 3.05) is 13.7 Å². The number of pyridine rings is 1. The number of carbonyl (C=O) groups is 1. The molecule has 1 heterocycles. The van der Waals surface area contributed by atoms with E-state index in [1.807, 2.05) is 6.07 Å². The van der Waals surface area contributed by atoms with Gasteiger partial charge in [0.2, 0.25) is 0 Å². The second-order valence-corrected chi connectivity index (χ2v) is 8.20. The average Bonchev–Trinajstić information content (AvgIpc) is 2.75. The van der Waals surface area contributed by atoms with Crippen LogP contribution in [-0.2, 0) is 9.84 Å². The number of rotatable bonds is 7. The Hall–Kier alpha value is -3.19. The van der Waals surface area contributed by atoms with E-state index in [9.17, 15) is 13.2 Å². The van der Waals surface area contributed by atoms with Gasteiger partial charge in [0.05, 0.1) is 12.0 Å². The first-order valence-electron chi connectivity index (χ1n) is 8.63. The third-order valence-electron chi connectivity index (χ3n) is 4.32. The Bertz CT molecular complexity index is 1020. The SMILES string of the molecule is COc1ccc(S(=O)(=O)C(CNC(=O)c2ccncc2)c2ccccc2)cc1. The van der Waals surface area contributed by atoms with Crippen molar-refractivity contribution >= 4 is 15.7 Å². The number of nitrogens with zero attached hydrogens (tertiary/aromatic N) is 1. The highest BCUT2D eigenvalue weighted by Crippen LogP contribution is 2.29. The van der Waals surface area contributed by atoms with E-state index in [2.05, 4.69) is 10.3 Å². The van der Waals surface area contributed by atoms with Crippen molar-refractivity contribution in [2.45, 2.75) is 10.1 Å². The number of sulfone groups is 1. The number of ether oxygens (including phenoxy) is 1. The van der Waals surface area contributed by atoms with Crippen LogP contribution in [0.3, 0.4) is 0 Å². The topological polar surface area (TPSA) is 85.4 Å². The van der Waals surface area contributed by atoms with Gasteiger partial charge < -0.3 is 10.1 Å². The van der Waals surface area contributed by atoms with Gasteiger partial charge in [-0.05, 0) is 42.0 Å². The van der Waals surface area contributed by atoms with E-state index >= 15 is 0 Å². The zero-order valence-electron chi connectivity index (χ0n) is 15.3. The van der Waals surface area contributed by atoms with Crippen LogP contribution in [0.15, 0.2) is 84.0 Å². The van der Waals surface area contributed by atoms with E-state index in [0.717, 1.165) is 0 Å². The molecule has 3 aromatic rings. The van der Waals surface area contributed by atoms with Gasteiger partial charge in [0, 0.05) is 24.5 Å². The first-order valence-corrected chi connectivity index (χ1v) is 10.2. The number of methoxy groups -OCH3 is 1. The number of carbonyl (C=O) groups excluding carboxylic acids is 1. The van der Waals surface area contributed by atoms with E-state index in [-0.39, 0.29) is 17.3 Å². The standard InChI is InChI=1S/C21H20N2O4S/c1-27-18-7-9-19(10-8-18)28(25,26)20(16-5-3-2-4-6-16)15-23-21(24)17-11-13-22-14-12-17/h2-14,20H,15H2,1H3,(H,23,24). The third-order valence-corrected chi connectivity index (χ3v) is 6.44. The van der Waals surface area contributed by atoms with E-state index in [4.69, 9.17) is 4.74 Å². The molecule has 0 aliphatic rings. The first-order chi connectivity index (χ1) is 13.5. The number of hydrogen-bond donors (Lipinski definition) is 1. The smallest absolute Gasteiger partial charge is 0.251 e. The van der Waals surface area contributed by atoms with Crippen molar-refractivity contribution in [3.05, 3.63) is 90.3 Å². The summed E-state index contributed by atoms with van der Waals surface area (Å²) in [4.78, 5) is 16.4. The molecule has 144 valence electrons. The van der Waals surface area contributed by atoms with Gasteiger partial charge in [-0.3, -0.25) is 9.78 Å². The molecule has 1 aromatic heterocycles. The predicted octanol–water partition coefficient (Wildman–Crippen LogP) is 3.04. The van der Waals surface area contributed by atoms with Crippen LogP contribution in [0.2, 0.25) is 0 Å². The molecule has 1 atom stereocenters. The minimum Gasteiger partial charge on any atom is -0.497 e. The fourth-order valence-corrected chi connectivity index (χ4v) is 4.46. The first kappa shape index (κ1) is 19.6. The monoisotopic (exact) mass is 396 g/mol. The summed E-state index contributed by atoms with van der Waals surface area (Å²) in [6.07, 6.45) is 3.02. The molecule has 7 heteroatoms. The van der Waals surface area contributed by atoms with Crippen molar-refractivity contribution < 1.29 is 17.9 Å². The van der Waals surface area contributed by atoms with E-state index in [0.29, 0.717) is 16.9 Å². The molecule has 0 spiro atoms. The molecule has 1 unspecified atom stereocenters. The van der Waals surface area contributed by atoms with E-state index in [1.54, 1.807) is 48.5 Å². The van der Waals surface area contributed by atoms with Gasteiger partial charge in [0.25, 0.3) is 5.91 Å². The molecular weight excluding hydrogens is 376 g/mol. The maximum absolute atomic E-state index is 13.3. The number of aromatic nitrogens is 1. The van der Waals surface area contributed by atoms with E-state index in [1.165, 1.54) is 31.6 Å². The Morgan fingerprint density at radius 3 is 2.25 bits per heavy atom. The third kappa shape index (κ3) is 4.37. The molecule has 2 aromatic carbocycles. The number of benzene rings is 2. The Morgan fingerprint density at radius 1 is 1.00 bits per heavy atom. The van der Waals surface area contributed by atoms with Crippen molar-refractivity contribution in [1.82, 2.24) is 10.3 Å². The van der Waals surface area contributed by atoms with Crippen molar-refractivity contribution in [2.24, 2.45) is 0 Å². The van der Waals surface area contributed by atoms with Crippen LogP contribution in [0.1, 0.15) is 21.2 Å². The zero-order chi connectivity index (χ0) is 20.0. The van der Waals surface area contributed by atoms with Crippen molar-refractivity contribution in [3.8, 4) is 5.75 Å². The average molecular weight is 396 g/mol. The maximum atomic E-state index is 13.3. The van der Waals surface area contributed by atoms with Gasteiger partial charge in [-0.2, -0.15) is 0 Å². The van der Waals surface area contributed by atoms with Crippen LogP contribution < -0.4 is 10.1 Å². The van der Waals surface area contributed by atoms with Crippen molar-refractivity contribution in [3.63, 3.8) is 0 Å². The summed E-state index contributed by atoms with van der Waals surface area (Å²) in [6, 6.07) is 18.2. The normalized spacial score (nSPS) is 12.2. The minimum atomic E-state index is -3.74. The number of amides is 1. The highest BCUT2D eigenvalue weighted by atomic mass is 32.2. The molecule has 0 fully saturated rings. The molecule has 0 bridgehead atoms. The molecule has 1 amide bonds. The van der Waals surface area contributed by atoms with Gasteiger partial charge in [-0.1, -0.05) is 30.3 Å². The molecule has 0 saturated heterocycles. The van der Waals surface area contributed by atoms with Gasteiger partial charge in [-0.25, -0.2) is 8.42 Å². The molecule has 3 rings (SSSR count). The maximum Gasteiger partial charge on any atom is 0.251 e. The summed E-state index contributed by atoms with van der Waals surface area (Å²) in [7, 11) is -2.22. The van der Waals surface area contributed by atoms with E-state index < -0.39 is 15.1 Å². The van der Waals surface area contributed by atoms with Crippen LogP contribution in [-0.4, -0.2) is 33.0 Å². The van der Waals surface area contributed by atoms with Crippen molar-refractivity contribution in [1.29, 1.82) is 0 Å². The van der Waals surface area contributed by atoms with Gasteiger partial charge in [-0.15, -0.1) is 0 Å². The lowest BCUT2D eigenvalue weighted by Crippen LogP contribution is -2.32. The molecule has 0 radical (unpaired) electrons. The Morgan fingerprint density at radius 2 is 1.64 bits per heavy atom. The minimum absolute atomic E-state index is 0.0560. The summed E-state index contributed by atoms with van der Waals surface area (Å²) in [5.74, 6) is 0.217. The second kappa shape index (κ2) is 8.67. The van der Waals surface area contributed by atoms with Gasteiger partial charge in [0.15, 0.2) is 9.84 Å². The molecule has 6 nitrogen and oxygen atoms in total. The fourth-order valence-electron chi connectivity index (χ4n) is 2.79. The largest absolute Gasteiger partial charge is 0.497 e. The summed E-state index contributed by atoms with van der Waals surface area (Å²) in [6.45, 7) is -0.0560. The lowest BCUT2D eigenvalue weighted by Gasteiger charge is -2.19. The lowest BCUT2D eigenvalue weighted by molar-refractivity contribution is 0.0953. The molecule has 0 saturated carbocycles. The summed E-state index contributed by atoms with van der Waals surface area (Å²) >= 11 is 0. The fraction of sp³-hybridized carbons (Fsp3) is 0.143. The predicted molar refractivity (Wildman–Crippen MR) is 106 cm³/mol. The van der Waals surface area contributed by atoms with Gasteiger partial charge >= 0.3 is 0 Å². The van der Waals surface area contributed by atoms with Crippen LogP contribution >= 0.6 is 0 Å². The lowest BCUT2D eigenvalue weighted by atomic mass is 10.1. The highest BCUT2D eigenvalue weighted by molar-refractivity contribution is 7.91. The summed E-state index contributed by atoms with van der Waals surface area (Å²) in [5, 5.41) is 1.80. The van der Waals surface area contributed by atoms with Crippen LogP contribution in [0, 0.1) is 0 Å². The Kier molecular flexibility index (Phi) is 6.06. The van der Waals surface area contributed by atoms with Crippen LogP contribution in [0.25, 0.3) is 0 Å². The molecule has 0 aliphatic heterocycles. The molecule has 1 N–H and O–H groups in total. The highest BCUT2D eigenvalue weighted by Gasteiger charge is 2.29. The second-order valence-electron chi connectivity index (χ2n) is 6.07. The Labute approximate surface area is 164 Å². The summed E-state index contributed by atoms with van der Waals surface area (Å²) < 4.78 is 31.7. The van der Waals surface area contributed by atoms with Crippen LogP contribution in [0.5, 0.6) is 5.75 Å². The number of nitrogens with one attached hydrogen (secondary N) is 1. The quantitative estimate of drug-likeness (QED) is 0.663. The van der Waals surface area contributed by atoms with Gasteiger partial charge in [0.1, 0.15) is 11.0 Å². The molecule has 0 aliphatic carbocycles. The van der Waals surface area contributed by atoms with Crippen LogP contribution in [0.4, 0.5) is 0 Å².